The molecule has 5 amide bonds. The van der Waals surface area contributed by atoms with Gasteiger partial charge < -0.3 is 77.8 Å². The van der Waals surface area contributed by atoms with E-state index in [0.717, 1.165) is 33.5 Å². The minimum absolute atomic E-state index is 0.00784. The number of para-hydroxylation sites is 1. The van der Waals surface area contributed by atoms with Crippen LogP contribution >= 0.6 is 11.6 Å². The molecule has 3 fully saturated rings. The molecule has 4 bridgehead atoms. The average Bonchev–Trinajstić information content (AvgIpc) is 1.58. The number of esters is 2. The lowest BCUT2D eigenvalue weighted by Gasteiger charge is -2.41. The van der Waals surface area contributed by atoms with Gasteiger partial charge in [-0.05, 0) is 75.1 Å². The molecule has 0 aromatic heterocycles. The number of β-amino-alcohol motifs (C(OH)–C–C–N with tert-alkyl or cyclic N) is 1. The van der Waals surface area contributed by atoms with Crippen LogP contribution in [0.4, 0.5) is 11.4 Å². The summed E-state index contributed by atoms with van der Waals surface area (Å²) in [5.74, 6) is 2.53. The molecule has 5 aliphatic rings. The summed E-state index contributed by atoms with van der Waals surface area (Å²) in [7, 11) is 5.87. The summed E-state index contributed by atoms with van der Waals surface area (Å²) in [4.78, 5) is 114. The van der Waals surface area contributed by atoms with E-state index in [-0.39, 0.29) is 121 Å². The number of epoxide rings is 1. The van der Waals surface area contributed by atoms with Crippen LogP contribution < -0.4 is 19.9 Å². The zero-order chi connectivity index (χ0) is 70.0. The van der Waals surface area contributed by atoms with Crippen LogP contribution in [0.15, 0.2) is 84.5 Å². The number of anilines is 2. The Morgan fingerprint density at radius 1 is 0.856 bits per heavy atom. The summed E-state index contributed by atoms with van der Waals surface area (Å²) >= 11 is 6.84. The van der Waals surface area contributed by atoms with Gasteiger partial charge in [0.15, 0.2) is 0 Å². The first kappa shape index (κ1) is 75.2. The molecule has 1 unspecified atom stereocenters. The minimum Gasteiger partial charge on any atom is -0.495 e. The molecule has 97 heavy (non-hydrogen) atoms. The first-order chi connectivity index (χ1) is 46.4. The quantitative estimate of drug-likeness (QED) is 0.0337. The lowest BCUT2D eigenvalue weighted by molar-refractivity contribution is -0.187. The molecule has 0 saturated carbocycles. The Morgan fingerprint density at radius 3 is 2.24 bits per heavy atom. The van der Waals surface area contributed by atoms with Crippen molar-refractivity contribution in [3.8, 4) is 17.6 Å². The Morgan fingerprint density at radius 2 is 1.53 bits per heavy atom. The van der Waals surface area contributed by atoms with E-state index < -0.39 is 102 Å². The predicted molar refractivity (Wildman–Crippen MR) is 357 cm³/mol. The number of likely N-dealkylation sites (tertiary alicyclic amines) is 1. The first-order valence-corrected chi connectivity index (χ1v) is 33.5. The van der Waals surface area contributed by atoms with E-state index in [9.17, 15) is 48.6 Å². The number of halogens is 1. The number of allylic oxidation sites excluding steroid dienone is 3. The number of ether oxygens (including phenoxy) is 9. The zero-order valence-corrected chi connectivity index (χ0v) is 57.4. The Bertz CT molecular complexity index is 3440. The summed E-state index contributed by atoms with van der Waals surface area (Å²) in [5, 5.41) is 25.5. The number of amides is 5. The number of methoxy groups -OCH3 is 2. The first-order valence-electron chi connectivity index (χ1n) is 33.1. The fourth-order valence-electron chi connectivity index (χ4n) is 12.5. The number of carbonyl (C=O) groups excluding carboxylic acids is 8. The number of hydrogen-bond acceptors (Lipinski definition) is 19. The van der Waals surface area contributed by atoms with Crippen LogP contribution in [0.3, 0.4) is 0 Å². The van der Waals surface area contributed by atoms with Crippen LogP contribution in [0.1, 0.15) is 114 Å². The number of fused-ring (bicyclic) bond motifs is 7. The molecule has 8 rings (SSSR count). The van der Waals surface area contributed by atoms with E-state index in [0.29, 0.717) is 44.2 Å². The number of ketones is 1. The van der Waals surface area contributed by atoms with Crippen molar-refractivity contribution in [2.24, 2.45) is 5.92 Å². The van der Waals surface area contributed by atoms with Crippen molar-refractivity contribution in [1.82, 2.24) is 15.1 Å². The molecular formula is C72H92ClN5O19. The summed E-state index contributed by atoms with van der Waals surface area (Å²) in [6.45, 7) is 9.34. The lowest BCUT2D eigenvalue weighted by atomic mass is 9.78. The number of carbonyl (C=O) groups is 8. The number of nitrogens with zero attached hydrogens (tertiary/aromatic N) is 4. The summed E-state index contributed by atoms with van der Waals surface area (Å²) in [6.07, 6.45) is 0.435. The third-order valence-corrected chi connectivity index (χ3v) is 18.8. The zero-order valence-electron chi connectivity index (χ0n) is 56.7. The average molecular weight is 1370 g/mol. The highest BCUT2D eigenvalue weighted by atomic mass is 35.5. The SMILES string of the molecule is COc1cc2cc(c1Cl)N(C)C(=O)C[C@H](OC(=O)[C@H](C)N(C)C(=O)CCCC(=O)N1CC(O)C[C@@H]1C(=O)NCCOCCOCCOCCOCCC(=O)CCC(=O)N1Cc3ccccc3C#Cc3ccccc31)[C@]1(C)O[C@H]1[C@H](C)[C@@H]1C[C@@](O)(CC(=O)O1)[C@H](OC)/C=C/C=C(\C)C2. The van der Waals surface area contributed by atoms with Crippen LogP contribution in [0.5, 0.6) is 5.75 Å². The second-order valence-electron chi connectivity index (χ2n) is 25.5. The summed E-state index contributed by atoms with van der Waals surface area (Å²) in [5.41, 5.74) is 2.32. The fourth-order valence-corrected chi connectivity index (χ4v) is 12.9. The highest BCUT2D eigenvalue weighted by Gasteiger charge is 2.64. The molecule has 0 spiro atoms. The predicted octanol–water partition coefficient (Wildman–Crippen LogP) is 5.76. The van der Waals surface area contributed by atoms with Crippen LogP contribution in [0.2, 0.25) is 5.02 Å². The van der Waals surface area contributed by atoms with Gasteiger partial charge in [0.2, 0.25) is 29.5 Å². The maximum atomic E-state index is 14.4. The van der Waals surface area contributed by atoms with Crippen molar-refractivity contribution >= 4 is 70.2 Å². The molecule has 24 nitrogen and oxygen atoms in total. The molecule has 526 valence electrons. The molecule has 25 heteroatoms. The lowest BCUT2D eigenvalue weighted by Crippen LogP contribution is -2.53. The highest BCUT2D eigenvalue weighted by molar-refractivity contribution is 6.35. The van der Waals surface area contributed by atoms with Crippen molar-refractivity contribution in [2.45, 2.75) is 159 Å². The number of benzene rings is 3. The number of aliphatic hydroxyl groups excluding tert-OH is 1. The number of nitrogens with one attached hydrogen (secondary N) is 1. The standard InChI is InChI=1S/C72H92ClN5O19/c1-46-15-13-20-60(90-8)72(88)42-59(95-66(85)43-72)47(2)68-71(4,97-68)61(41-65(84)76(6)56-38-49(37-46)39-58(89-7)67(56)73)96-70(87)48(3)75(5)62(81)21-14-22-63(82)78-45-54(80)40-57(78)69(86)74-28-30-92-32-34-94-36-35-93-33-31-91-29-27-53(79)25-26-64(83)77-44-52-18-10-9-16-50(52)23-24-51-17-11-12-19-55(51)77/h9-13,15-20,38-39,47-48,54,57,59-61,68,80,88H,14,21-22,25-37,40-45H2,1-8H3,(H,74,86)/b20-13+,46-15+/t47-,48+,54?,57-,59+,60-,61+,68+,71+,72-/m1/s1. The molecule has 10 atom stereocenters. The van der Waals surface area contributed by atoms with Gasteiger partial charge in [0.05, 0.1) is 103 Å². The van der Waals surface area contributed by atoms with Crippen molar-refractivity contribution in [2.75, 3.05) is 104 Å². The second kappa shape index (κ2) is 35.3. The third kappa shape index (κ3) is 20.1. The van der Waals surface area contributed by atoms with Gasteiger partial charge in [0.25, 0.3) is 0 Å². The molecule has 3 saturated heterocycles. The van der Waals surface area contributed by atoms with Gasteiger partial charge in [0, 0.05) is 96.3 Å². The maximum Gasteiger partial charge on any atom is 0.328 e. The number of likely N-dealkylation sites (N-methyl/N-ethyl adjacent to an activating group) is 1. The molecule has 3 N–H and O–H groups in total. The van der Waals surface area contributed by atoms with Crippen molar-refractivity contribution in [3.63, 3.8) is 0 Å². The van der Waals surface area contributed by atoms with Crippen LogP contribution in [-0.2, 0) is 89.2 Å². The fraction of sp³-hybridized carbons (Fsp3) is 0.556. The van der Waals surface area contributed by atoms with E-state index in [1.165, 1.54) is 42.9 Å². The van der Waals surface area contributed by atoms with E-state index in [4.69, 9.17) is 54.2 Å². The Kier molecular flexibility index (Phi) is 27.3. The van der Waals surface area contributed by atoms with Crippen LogP contribution in [0, 0.1) is 17.8 Å². The number of hydrogen-bond donors (Lipinski definition) is 3. The van der Waals surface area contributed by atoms with Crippen LogP contribution in [0.25, 0.3) is 0 Å². The molecule has 3 aromatic rings. The van der Waals surface area contributed by atoms with E-state index >= 15 is 0 Å². The van der Waals surface area contributed by atoms with Gasteiger partial charge >= 0.3 is 11.9 Å². The van der Waals surface area contributed by atoms with Crippen molar-refractivity contribution in [1.29, 1.82) is 0 Å². The van der Waals surface area contributed by atoms with Gasteiger partial charge in [0.1, 0.15) is 58.2 Å². The van der Waals surface area contributed by atoms with E-state index in [2.05, 4.69) is 17.2 Å². The van der Waals surface area contributed by atoms with Gasteiger partial charge in [-0.25, -0.2) is 4.79 Å². The van der Waals surface area contributed by atoms with Crippen LogP contribution in [-0.4, -0.2) is 215 Å². The minimum atomic E-state index is -1.65. The normalized spacial score (nSPS) is 25.0. The number of Topliss-reactive ketones (excluding diaryl/α,β-unsaturated/α-hetero) is 1. The Balaban J connectivity index is 0.718. The second-order valence-corrected chi connectivity index (χ2v) is 25.8. The largest absolute Gasteiger partial charge is 0.495 e. The molecule has 5 aliphatic heterocycles. The van der Waals surface area contributed by atoms with Gasteiger partial charge in [-0.15, -0.1) is 0 Å². The van der Waals surface area contributed by atoms with Gasteiger partial charge in [-0.3, -0.25) is 33.6 Å². The Labute approximate surface area is 572 Å². The summed E-state index contributed by atoms with van der Waals surface area (Å²) < 4.78 is 52.0. The van der Waals surface area contributed by atoms with Gasteiger partial charge in [-0.2, -0.15) is 0 Å². The van der Waals surface area contributed by atoms with E-state index in [1.54, 1.807) is 50.1 Å². The number of rotatable bonds is 28. The highest BCUT2D eigenvalue weighted by Crippen LogP contribution is 2.50. The monoisotopic (exact) mass is 1370 g/mol. The topological polar surface area (TPSA) is 288 Å². The summed E-state index contributed by atoms with van der Waals surface area (Å²) in [6, 6.07) is 16.7. The third-order valence-electron chi connectivity index (χ3n) is 18.4. The molecule has 0 aliphatic carbocycles. The molecule has 3 aromatic carbocycles. The van der Waals surface area contributed by atoms with Gasteiger partial charge in [-0.1, -0.05) is 84.5 Å². The van der Waals surface area contributed by atoms with Crippen molar-refractivity contribution < 1.29 is 91.2 Å². The molecular weight excluding hydrogens is 1270 g/mol. The molecule has 0 radical (unpaired) electrons. The smallest absolute Gasteiger partial charge is 0.328 e. The number of aliphatic hydroxyl groups is 2. The Hall–Kier alpha value is -7.57. The van der Waals surface area contributed by atoms with Crippen molar-refractivity contribution in [3.05, 3.63) is 112 Å². The maximum absolute atomic E-state index is 14.4. The molecule has 5 heterocycles. The van der Waals surface area contributed by atoms with E-state index in [1.807, 2.05) is 61.5 Å².